The first-order valence-corrected chi connectivity index (χ1v) is 9.81. The number of carbonyl (C=O) groups is 1. The molecule has 1 aromatic rings. The summed E-state index contributed by atoms with van der Waals surface area (Å²) in [5.41, 5.74) is 0.986. The number of carbonyl (C=O) groups excluding carboxylic acids is 1. The zero-order valence-electron chi connectivity index (χ0n) is 16.4. The number of hydrogen-bond acceptors (Lipinski definition) is 4. The number of aromatic nitrogens is 1. The van der Waals surface area contributed by atoms with Gasteiger partial charge in [0.15, 0.2) is 5.96 Å². The van der Waals surface area contributed by atoms with E-state index in [1.165, 1.54) is 0 Å². The Bertz CT molecular complexity index is 554. The van der Waals surface area contributed by atoms with Crippen LogP contribution in [0.3, 0.4) is 0 Å². The molecule has 0 unspecified atom stereocenters. The lowest BCUT2D eigenvalue weighted by atomic mass is 10.2. The second kappa shape index (κ2) is 13.2. The molecule has 1 amide bonds. The van der Waals surface area contributed by atoms with Gasteiger partial charge in [-0.3, -0.25) is 9.78 Å². The molecule has 8 heteroatoms. The molecular formula is C18H32IN5OS. The summed E-state index contributed by atoms with van der Waals surface area (Å²) < 4.78 is 0.111. The van der Waals surface area contributed by atoms with Crippen LogP contribution in [0.25, 0.3) is 0 Å². The number of pyridine rings is 1. The Morgan fingerprint density at radius 2 is 2.08 bits per heavy atom. The minimum atomic E-state index is -0.00254. The Hall–Kier alpha value is -1.03. The van der Waals surface area contributed by atoms with E-state index in [0.29, 0.717) is 12.5 Å². The average molecular weight is 493 g/mol. The smallest absolute Gasteiger partial charge is 0.244 e. The van der Waals surface area contributed by atoms with Gasteiger partial charge in [0.25, 0.3) is 0 Å². The van der Waals surface area contributed by atoms with Crippen molar-refractivity contribution in [3.63, 3.8) is 0 Å². The predicted molar refractivity (Wildman–Crippen MR) is 123 cm³/mol. The molecule has 6 nitrogen and oxygen atoms in total. The first kappa shape index (κ1) is 25.0. The van der Waals surface area contributed by atoms with Gasteiger partial charge in [-0.2, -0.15) is 11.8 Å². The monoisotopic (exact) mass is 493 g/mol. The second-order valence-electron chi connectivity index (χ2n) is 6.40. The summed E-state index contributed by atoms with van der Waals surface area (Å²) in [6.07, 6.45) is 4.60. The third kappa shape index (κ3) is 10.2. The molecule has 1 heterocycles. The zero-order chi connectivity index (χ0) is 18.7. The fourth-order valence-electron chi connectivity index (χ4n) is 1.93. The molecule has 0 saturated carbocycles. The first-order valence-electron chi connectivity index (χ1n) is 8.59. The van der Waals surface area contributed by atoms with Gasteiger partial charge >= 0.3 is 0 Å². The van der Waals surface area contributed by atoms with E-state index in [-0.39, 0.29) is 41.2 Å². The number of aliphatic imine (C=N–C) groups is 1. The number of halogens is 1. The van der Waals surface area contributed by atoms with Crippen molar-refractivity contribution in [3.8, 4) is 0 Å². The molecule has 0 fully saturated rings. The van der Waals surface area contributed by atoms with Crippen LogP contribution in [0, 0.1) is 0 Å². The Kier molecular flexibility index (Phi) is 12.7. The van der Waals surface area contributed by atoms with E-state index in [1.807, 2.05) is 25.1 Å². The summed E-state index contributed by atoms with van der Waals surface area (Å²) >= 11 is 1.79. The molecule has 1 aromatic heterocycles. The molecule has 0 aliphatic rings. The van der Waals surface area contributed by atoms with Gasteiger partial charge in [-0.15, -0.1) is 24.0 Å². The maximum Gasteiger partial charge on any atom is 0.244 e. The van der Waals surface area contributed by atoms with Gasteiger partial charge in [-0.05, 0) is 39.2 Å². The van der Waals surface area contributed by atoms with E-state index in [9.17, 15) is 4.79 Å². The summed E-state index contributed by atoms with van der Waals surface area (Å²) in [4.78, 5) is 22.7. The van der Waals surface area contributed by atoms with E-state index in [0.717, 1.165) is 25.2 Å². The Morgan fingerprint density at radius 1 is 1.35 bits per heavy atom. The van der Waals surface area contributed by atoms with E-state index < -0.39 is 0 Å². The van der Waals surface area contributed by atoms with Crippen LogP contribution in [0.4, 0.5) is 0 Å². The molecule has 0 radical (unpaired) electrons. The average Bonchev–Trinajstić information content (AvgIpc) is 2.62. The number of rotatable bonds is 9. The van der Waals surface area contributed by atoms with Crippen molar-refractivity contribution in [1.29, 1.82) is 0 Å². The van der Waals surface area contributed by atoms with Crippen molar-refractivity contribution < 1.29 is 4.79 Å². The number of thioether (sulfide) groups is 1. The third-order valence-electron chi connectivity index (χ3n) is 3.81. The standard InChI is InChI=1S/C18H31N5OS.HI/c1-6-19-17(22-14-18(2,3)25-5)21-13-16(24)23(4)12-10-15-9-7-8-11-20-15;/h7-9,11H,6,10,12-14H2,1-5H3,(H2,19,21,22);1H. The van der Waals surface area contributed by atoms with Gasteiger partial charge in [0.05, 0.1) is 0 Å². The van der Waals surface area contributed by atoms with Crippen LogP contribution in [0.5, 0.6) is 0 Å². The van der Waals surface area contributed by atoms with E-state index >= 15 is 0 Å². The summed E-state index contributed by atoms with van der Waals surface area (Å²) in [6.45, 7) is 8.66. The van der Waals surface area contributed by atoms with Crippen molar-refractivity contribution in [2.45, 2.75) is 31.9 Å². The highest BCUT2D eigenvalue weighted by Crippen LogP contribution is 2.19. The molecular weight excluding hydrogens is 461 g/mol. The van der Waals surface area contributed by atoms with Gasteiger partial charge in [0, 0.05) is 49.7 Å². The van der Waals surface area contributed by atoms with Crippen LogP contribution in [0.1, 0.15) is 26.5 Å². The molecule has 2 N–H and O–H groups in total. The Balaban J connectivity index is 0.00000625. The first-order chi connectivity index (χ1) is 11.9. The second-order valence-corrected chi connectivity index (χ2v) is 7.91. The number of likely N-dealkylation sites (N-methyl/N-ethyl adjacent to an activating group) is 1. The highest BCUT2D eigenvalue weighted by atomic mass is 127. The van der Waals surface area contributed by atoms with Crippen molar-refractivity contribution >= 4 is 47.6 Å². The van der Waals surface area contributed by atoms with E-state index in [4.69, 9.17) is 0 Å². The van der Waals surface area contributed by atoms with Gasteiger partial charge in [0.1, 0.15) is 6.54 Å². The van der Waals surface area contributed by atoms with Crippen LogP contribution in [-0.2, 0) is 11.2 Å². The van der Waals surface area contributed by atoms with E-state index in [1.54, 1.807) is 29.9 Å². The maximum absolute atomic E-state index is 12.3. The zero-order valence-corrected chi connectivity index (χ0v) is 19.6. The van der Waals surface area contributed by atoms with Crippen molar-refractivity contribution in [2.75, 3.05) is 39.5 Å². The number of guanidine groups is 1. The van der Waals surface area contributed by atoms with Crippen molar-refractivity contribution in [2.24, 2.45) is 4.99 Å². The molecule has 0 spiro atoms. The minimum Gasteiger partial charge on any atom is -0.357 e. The molecule has 0 aliphatic carbocycles. The highest BCUT2D eigenvalue weighted by molar-refractivity contribution is 14.0. The lowest BCUT2D eigenvalue weighted by Gasteiger charge is -2.24. The molecule has 0 bridgehead atoms. The molecule has 0 saturated heterocycles. The lowest BCUT2D eigenvalue weighted by molar-refractivity contribution is -0.128. The topological polar surface area (TPSA) is 69.6 Å². The fraction of sp³-hybridized carbons (Fsp3) is 0.611. The van der Waals surface area contributed by atoms with Gasteiger partial charge in [-0.1, -0.05) is 6.07 Å². The normalized spacial score (nSPS) is 11.5. The van der Waals surface area contributed by atoms with Crippen LogP contribution < -0.4 is 10.6 Å². The Morgan fingerprint density at radius 3 is 2.65 bits per heavy atom. The minimum absolute atomic E-state index is 0. The van der Waals surface area contributed by atoms with Gasteiger partial charge < -0.3 is 15.5 Å². The van der Waals surface area contributed by atoms with Crippen molar-refractivity contribution in [3.05, 3.63) is 30.1 Å². The number of nitrogens with one attached hydrogen (secondary N) is 2. The molecule has 26 heavy (non-hydrogen) atoms. The molecule has 0 aromatic carbocycles. The van der Waals surface area contributed by atoms with Crippen LogP contribution in [0.15, 0.2) is 29.4 Å². The van der Waals surface area contributed by atoms with E-state index in [2.05, 4.69) is 40.7 Å². The van der Waals surface area contributed by atoms with Crippen LogP contribution in [-0.4, -0.2) is 66.0 Å². The largest absolute Gasteiger partial charge is 0.357 e. The highest BCUT2D eigenvalue weighted by Gasteiger charge is 2.16. The molecule has 0 atom stereocenters. The summed E-state index contributed by atoms with van der Waals surface area (Å²) in [5, 5.41) is 6.48. The molecule has 1 rings (SSSR count). The van der Waals surface area contributed by atoms with Gasteiger partial charge in [-0.25, -0.2) is 4.99 Å². The maximum atomic E-state index is 12.3. The molecule has 148 valence electrons. The van der Waals surface area contributed by atoms with Crippen LogP contribution >= 0.6 is 35.7 Å². The Labute approximate surface area is 179 Å². The quantitative estimate of drug-likeness (QED) is 0.314. The summed E-state index contributed by atoms with van der Waals surface area (Å²) in [6, 6.07) is 5.82. The SMILES string of the molecule is CCNC(=NCC(=O)N(C)CCc1ccccn1)NCC(C)(C)SC.I. The third-order valence-corrected chi connectivity index (χ3v) is 5.06. The fourth-order valence-corrected chi connectivity index (χ4v) is 2.15. The molecule has 0 aliphatic heterocycles. The number of hydrogen-bond donors (Lipinski definition) is 2. The van der Waals surface area contributed by atoms with Crippen molar-refractivity contribution in [1.82, 2.24) is 20.5 Å². The number of nitrogens with zero attached hydrogens (tertiary/aromatic N) is 3. The lowest BCUT2D eigenvalue weighted by Crippen LogP contribution is -2.44. The summed E-state index contributed by atoms with van der Waals surface area (Å²) in [5.74, 6) is 0.674. The predicted octanol–water partition coefficient (Wildman–Crippen LogP) is 2.40. The van der Waals surface area contributed by atoms with Gasteiger partial charge in [0.2, 0.25) is 5.91 Å². The number of amides is 1. The summed E-state index contributed by atoms with van der Waals surface area (Å²) in [7, 11) is 1.80. The van der Waals surface area contributed by atoms with Crippen LogP contribution in [0.2, 0.25) is 0 Å².